The molecule has 0 saturated carbocycles. The maximum atomic E-state index is 13.0. The molecule has 3 rings (SSSR count). The van der Waals surface area contributed by atoms with Gasteiger partial charge < -0.3 is 22.1 Å². The fourth-order valence-corrected chi connectivity index (χ4v) is 3.50. The third-order valence-corrected chi connectivity index (χ3v) is 5.23. The third-order valence-electron chi connectivity index (χ3n) is 5.23. The number of amides is 2. The number of nitrogens with two attached hydrogens (primary N) is 2. The Morgan fingerprint density at radius 1 is 0.839 bits per heavy atom. The SMILES string of the molecule is NCCCC[C@H](NC(=O)[C@@H](N)Cc1ccccc1)C(=O)Nc1ccc2ccccc2c1. The lowest BCUT2D eigenvalue weighted by atomic mass is 10.0. The number of hydrogen-bond donors (Lipinski definition) is 4. The maximum absolute atomic E-state index is 13.0. The Labute approximate surface area is 183 Å². The van der Waals surface area contributed by atoms with Crippen molar-refractivity contribution in [2.75, 3.05) is 11.9 Å². The summed E-state index contributed by atoms with van der Waals surface area (Å²) in [6.07, 6.45) is 2.43. The van der Waals surface area contributed by atoms with Crippen LogP contribution in [0.25, 0.3) is 10.8 Å². The summed E-state index contributed by atoms with van der Waals surface area (Å²) >= 11 is 0. The van der Waals surface area contributed by atoms with Crippen LogP contribution in [0.15, 0.2) is 72.8 Å². The molecule has 31 heavy (non-hydrogen) atoms. The number of carbonyl (C=O) groups excluding carboxylic acids is 2. The zero-order chi connectivity index (χ0) is 22.1. The van der Waals surface area contributed by atoms with Crippen molar-refractivity contribution in [2.45, 2.75) is 37.8 Å². The molecule has 0 radical (unpaired) electrons. The molecule has 0 heterocycles. The van der Waals surface area contributed by atoms with E-state index in [9.17, 15) is 9.59 Å². The van der Waals surface area contributed by atoms with Gasteiger partial charge in [-0.15, -0.1) is 0 Å². The van der Waals surface area contributed by atoms with E-state index in [1.807, 2.05) is 72.8 Å². The molecular formula is C25H30N4O2. The van der Waals surface area contributed by atoms with Gasteiger partial charge in [0, 0.05) is 5.69 Å². The molecule has 0 aliphatic heterocycles. The van der Waals surface area contributed by atoms with E-state index in [4.69, 9.17) is 11.5 Å². The highest BCUT2D eigenvalue weighted by Crippen LogP contribution is 2.19. The average molecular weight is 419 g/mol. The molecule has 2 amide bonds. The lowest BCUT2D eigenvalue weighted by Gasteiger charge is -2.21. The molecule has 162 valence electrons. The monoisotopic (exact) mass is 418 g/mol. The second-order valence-electron chi connectivity index (χ2n) is 7.69. The molecule has 3 aromatic carbocycles. The zero-order valence-corrected chi connectivity index (χ0v) is 17.6. The molecule has 0 spiro atoms. The summed E-state index contributed by atoms with van der Waals surface area (Å²) in [6, 6.07) is 21.9. The van der Waals surface area contributed by atoms with Crippen LogP contribution in [0.1, 0.15) is 24.8 Å². The Balaban J connectivity index is 1.66. The van der Waals surface area contributed by atoms with Gasteiger partial charge in [-0.25, -0.2) is 0 Å². The van der Waals surface area contributed by atoms with Crippen molar-refractivity contribution >= 4 is 28.3 Å². The first-order valence-corrected chi connectivity index (χ1v) is 10.7. The fourth-order valence-electron chi connectivity index (χ4n) is 3.50. The van der Waals surface area contributed by atoms with Crippen LogP contribution in [0, 0.1) is 0 Å². The smallest absolute Gasteiger partial charge is 0.246 e. The lowest BCUT2D eigenvalue weighted by molar-refractivity contribution is -0.127. The lowest BCUT2D eigenvalue weighted by Crippen LogP contribution is -2.50. The van der Waals surface area contributed by atoms with E-state index in [0.717, 1.165) is 29.2 Å². The van der Waals surface area contributed by atoms with Crippen LogP contribution in [-0.4, -0.2) is 30.4 Å². The highest BCUT2D eigenvalue weighted by Gasteiger charge is 2.24. The number of benzene rings is 3. The number of fused-ring (bicyclic) bond motifs is 1. The van der Waals surface area contributed by atoms with Crippen LogP contribution < -0.4 is 22.1 Å². The van der Waals surface area contributed by atoms with E-state index in [0.29, 0.717) is 25.1 Å². The number of nitrogens with one attached hydrogen (secondary N) is 2. The van der Waals surface area contributed by atoms with Crippen LogP contribution in [0.5, 0.6) is 0 Å². The largest absolute Gasteiger partial charge is 0.343 e. The summed E-state index contributed by atoms with van der Waals surface area (Å²) in [7, 11) is 0. The Morgan fingerprint density at radius 3 is 2.29 bits per heavy atom. The average Bonchev–Trinajstić information content (AvgIpc) is 2.79. The zero-order valence-electron chi connectivity index (χ0n) is 17.6. The van der Waals surface area contributed by atoms with E-state index in [2.05, 4.69) is 10.6 Å². The van der Waals surface area contributed by atoms with Gasteiger partial charge in [-0.05, 0) is 60.7 Å². The van der Waals surface area contributed by atoms with Crippen molar-refractivity contribution in [3.63, 3.8) is 0 Å². The van der Waals surface area contributed by atoms with Crippen molar-refractivity contribution in [3.05, 3.63) is 78.4 Å². The van der Waals surface area contributed by atoms with Gasteiger partial charge in [0.05, 0.1) is 6.04 Å². The molecule has 0 aromatic heterocycles. The van der Waals surface area contributed by atoms with Crippen LogP contribution in [0.4, 0.5) is 5.69 Å². The van der Waals surface area contributed by atoms with Crippen LogP contribution >= 0.6 is 0 Å². The van der Waals surface area contributed by atoms with Crippen molar-refractivity contribution in [1.29, 1.82) is 0 Å². The molecule has 0 bridgehead atoms. The van der Waals surface area contributed by atoms with Gasteiger partial charge in [0.15, 0.2) is 0 Å². The molecule has 0 unspecified atom stereocenters. The number of hydrogen-bond acceptors (Lipinski definition) is 4. The van der Waals surface area contributed by atoms with Gasteiger partial charge in [-0.2, -0.15) is 0 Å². The molecule has 3 aromatic rings. The van der Waals surface area contributed by atoms with Crippen molar-refractivity contribution in [3.8, 4) is 0 Å². The Hall–Kier alpha value is -3.22. The van der Waals surface area contributed by atoms with E-state index in [1.54, 1.807) is 0 Å². The summed E-state index contributed by atoms with van der Waals surface area (Å²) < 4.78 is 0. The normalized spacial score (nSPS) is 12.8. The second-order valence-corrected chi connectivity index (χ2v) is 7.69. The predicted molar refractivity (Wildman–Crippen MR) is 126 cm³/mol. The number of carbonyl (C=O) groups is 2. The minimum atomic E-state index is -0.729. The molecule has 6 nitrogen and oxygen atoms in total. The topological polar surface area (TPSA) is 110 Å². The summed E-state index contributed by atoms with van der Waals surface area (Å²) in [5, 5.41) is 7.90. The van der Waals surface area contributed by atoms with E-state index < -0.39 is 12.1 Å². The summed E-state index contributed by atoms with van der Waals surface area (Å²) in [5.41, 5.74) is 13.4. The van der Waals surface area contributed by atoms with Crippen LogP contribution in [0.3, 0.4) is 0 Å². The number of unbranched alkanes of at least 4 members (excludes halogenated alkanes) is 1. The summed E-state index contributed by atoms with van der Waals surface area (Å²) in [4.78, 5) is 25.6. The summed E-state index contributed by atoms with van der Waals surface area (Å²) in [6.45, 7) is 0.542. The number of rotatable bonds is 10. The standard InChI is InChI=1S/C25H30N4O2/c26-15-7-6-12-23(29-24(30)22(27)16-18-8-2-1-3-9-18)25(31)28-21-14-13-19-10-4-5-11-20(19)17-21/h1-5,8-11,13-14,17,22-23H,6-7,12,15-16,26-27H2,(H,28,31)(H,29,30)/t22-,23-/m0/s1. The molecule has 6 N–H and O–H groups in total. The maximum Gasteiger partial charge on any atom is 0.246 e. The quantitative estimate of drug-likeness (QED) is 0.379. The first kappa shape index (κ1) is 22.5. The summed E-state index contributed by atoms with van der Waals surface area (Å²) in [5.74, 6) is -0.595. The molecule has 0 aliphatic carbocycles. The van der Waals surface area contributed by atoms with Gasteiger partial charge in [0.2, 0.25) is 11.8 Å². The first-order chi connectivity index (χ1) is 15.1. The minimum Gasteiger partial charge on any atom is -0.343 e. The Bertz CT molecular complexity index is 1010. The van der Waals surface area contributed by atoms with E-state index in [-0.39, 0.29) is 11.8 Å². The second kappa shape index (κ2) is 11.2. The van der Waals surface area contributed by atoms with E-state index >= 15 is 0 Å². The Morgan fingerprint density at radius 2 is 1.55 bits per heavy atom. The molecule has 0 fully saturated rings. The number of anilines is 1. The van der Waals surface area contributed by atoms with Gasteiger partial charge in [-0.1, -0.05) is 60.7 Å². The van der Waals surface area contributed by atoms with Gasteiger partial charge in [-0.3, -0.25) is 9.59 Å². The third kappa shape index (κ3) is 6.64. The first-order valence-electron chi connectivity index (χ1n) is 10.7. The Kier molecular flexibility index (Phi) is 8.15. The van der Waals surface area contributed by atoms with E-state index in [1.165, 1.54) is 0 Å². The predicted octanol–water partition coefficient (Wildman–Crippen LogP) is 2.96. The van der Waals surface area contributed by atoms with Crippen molar-refractivity contribution in [1.82, 2.24) is 5.32 Å². The highest BCUT2D eigenvalue weighted by molar-refractivity contribution is 5.99. The highest BCUT2D eigenvalue weighted by atomic mass is 16.2. The van der Waals surface area contributed by atoms with Gasteiger partial charge in [0.1, 0.15) is 6.04 Å². The fraction of sp³-hybridized carbons (Fsp3) is 0.280. The van der Waals surface area contributed by atoms with Crippen molar-refractivity contribution in [2.24, 2.45) is 11.5 Å². The van der Waals surface area contributed by atoms with Crippen LogP contribution in [-0.2, 0) is 16.0 Å². The van der Waals surface area contributed by atoms with Crippen molar-refractivity contribution < 1.29 is 9.59 Å². The molecule has 0 saturated heterocycles. The molecule has 6 heteroatoms. The van der Waals surface area contributed by atoms with Gasteiger partial charge >= 0.3 is 0 Å². The van der Waals surface area contributed by atoms with Crippen LogP contribution in [0.2, 0.25) is 0 Å². The minimum absolute atomic E-state index is 0.257. The molecule has 2 atom stereocenters. The molecule has 0 aliphatic rings. The van der Waals surface area contributed by atoms with Gasteiger partial charge in [0.25, 0.3) is 0 Å². The molecular weight excluding hydrogens is 388 g/mol.